The zero-order valence-corrected chi connectivity index (χ0v) is 11.5. The Kier molecular flexibility index (Phi) is 2.82. The molecule has 0 saturated carbocycles. The Balaban J connectivity index is 1.62. The number of H-pyrrole nitrogens is 1. The van der Waals surface area contributed by atoms with Crippen LogP contribution in [0.4, 0.5) is 5.69 Å². The van der Waals surface area contributed by atoms with Crippen LogP contribution in [0.5, 0.6) is 0 Å². The van der Waals surface area contributed by atoms with Crippen molar-refractivity contribution >= 4 is 28.4 Å². The van der Waals surface area contributed by atoms with Gasteiger partial charge in [-0.25, -0.2) is 0 Å². The molecule has 0 aliphatic carbocycles. The maximum Gasteiger partial charge on any atom is 0.0666 e. The predicted molar refractivity (Wildman–Crippen MR) is 88.5 cm³/mol. The van der Waals surface area contributed by atoms with Gasteiger partial charge in [0.15, 0.2) is 0 Å². The van der Waals surface area contributed by atoms with E-state index < -0.39 is 0 Å². The number of aromatic nitrogens is 1. The molecule has 1 aromatic heterocycles. The Morgan fingerprint density at radius 1 is 0.905 bits per heavy atom. The summed E-state index contributed by atoms with van der Waals surface area (Å²) in [6, 6.07) is 18.7. The molecule has 0 unspecified atom stereocenters. The van der Waals surface area contributed by atoms with Gasteiger partial charge in [-0.15, -0.1) is 0 Å². The van der Waals surface area contributed by atoms with Gasteiger partial charge in [-0.1, -0.05) is 42.5 Å². The van der Waals surface area contributed by atoms with Crippen molar-refractivity contribution in [1.29, 1.82) is 0 Å². The molecule has 1 aliphatic rings. The number of benzene rings is 2. The highest BCUT2D eigenvalue weighted by Crippen LogP contribution is 2.20. The molecule has 2 aromatic carbocycles. The first-order valence-corrected chi connectivity index (χ1v) is 7.05. The number of fused-ring (bicyclic) bond motifs is 2. The normalized spacial score (nSPS) is 13.4. The second kappa shape index (κ2) is 4.94. The molecule has 0 amide bonds. The van der Waals surface area contributed by atoms with Crippen LogP contribution < -0.4 is 5.43 Å². The number of hydrazone groups is 1. The summed E-state index contributed by atoms with van der Waals surface area (Å²) in [6.07, 6.45) is 4.97. The second-order valence-corrected chi connectivity index (χ2v) is 5.19. The van der Waals surface area contributed by atoms with Gasteiger partial charge in [0.1, 0.15) is 0 Å². The van der Waals surface area contributed by atoms with Crippen molar-refractivity contribution in [3.63, 3.8) is 0 Å². The third kappa shape index (κ3) is 2.34. The van der Waals surface area contributed by atoms with Gasteiger partial charge in [0.05, 0.1) is 11.4 Å². The van der Waals surface area contributed by atoms with Gasteiger partial charge in [-0.2, -0.15) is 5.10 Å². The summed E-state index contributed by atoms with van der Waals surface area (Å²) in [5.74, 6) is 0. The number of para-hydroxylation sites is 2. The standard InChI is InChI=1S/C18H15N3/c1-4-8-18-13(5-1)9-10-15(20-21-18)12-16-11-14-6-2-3-7-17(14)19-16/h1-11,19,21H,12H2. The Morgan fingerprint density at radius 2 is 1.76 bits per heavy atom. The van der Waals surface area contributed by atoms with Crippen LogP contribution in [0.1, 0.15) is 11.3 Å². The average Bonchev–Trinajstić information content (AvgIpc) is 2.81. The Bertz CT molecular complexity index is 823. The third-order valence-corrected chi connectivity index (χ3v) is 3.69. The van der Waals surface area contributed by atoms with Crippen LogP contribution in [0.3, 0.4) is 0 Å². The average molecular weight is 273 g/mol. The minimum absolute atomic E-state index is 0.784. The molecule has 3 aromatic rings. The quantitative estimate of drug-likeness (QED) is 0.721. The molecule has 2 N–H and O–H groups in total. The summed E-state index contributed by atoms with van der Waals surface area (Å²) in [7, 11) is 0. The maximum absolute atomic E-state index is 4.49. The molecule has 4 rings (SSSR count). The molecule has 0 spiro atoms. The number of nitrogens with one attached hydrogen (secondary N) is 2. The summed E-state index contributed by atoms with van der Waals surface area (Å²) in [6.45, 7) is 0. The smallest absolute Gasteiger partial charge is 0.0666 e. The van der Waals surface area contributed by atoms with E-state index >= 15 is 0 Å². The lowest BCUT2D eigenvalue weighted by Gasteiger charge is -2.02. The molecule has 0 bridgehead atoms. The first kappa shape index (κ1) is 12.0. The largest absolute Gasteiger partial charge is 0.358 e. The zero-order chi connectivity index (χ0) is 14.1. The predicted octanol–water partition coefficient (Wildman–Crippen LogP) is 4.21. The SMILES string of the molecule is C1=Cc2ccccc2NN=C1Cc1cc2ccccc2[nH]1. The van der Waals surface area contributed by atoms with Gasteiger partial charge >= 0.3 is 0 Å². The molecule has 102 valence electrons. The van der Waals surface area contributed by atoms with Gasteiger partial charge in [-0.3, -0.25) is 5.43 Å². The zero-order valence-electron chi connectivity index (χ0n) is 11.5. The van der Waals surface area contributed by atoms with Gasteiger partial charge in [0.25, 0.3) is 0 Å². The molecule has 2 heterocycles. The van der Waals surface area contributed by atoms with Crippen LogP contribution in [-0.4, -0.2) is 10.7 Å². The molecule has 0 radical (unpaired) electrons. The van der Waals surface area contributed by atoms with Crippen molar-refractivity contribution in [3.8, 4) is 0 Å². The van der Waals surface area contributed by atoms with E-state index in [0.29, 0.717) is 0 Å². The van der Waals surface area contributed by atoms with Crippen molar-refractivity contribution < 1.29 is 0 Å². The second-order valence-electron chi connectivity index (χ2n) is 5.19. The van der Waals surface area contributed by atoms with Gasteiger partial charge < -0.3 is 4.98 Å². The lowest BCUT2D eigenvalue weighted by atomic mass is 10.1. The topological polar surface area (TPSA) is 40.2 Å². The van der Waals surface area contributed by atoms with Crippen molar-refractivity contribution in [1.82, 2.24) is 4.98 Å². The Morgan fingerprint density at radius 3 is 2.71 bits per heavy atom. The lowest BCUT2D eigenvalue weighted by Crippen LogP contribution is -2.02. The van der Waals surface area contributed by atoms with Crippen LogP contribution >= 0.6 is 0 Å². The molecular weight excluding hydrogens is 258 g/mol. The fourth-order valence-electron chi connectivity index (χ4n) is 2.62. The maximum atomic E-state index is 4.49. The molecule has 21 heavy (non-hydrogen) atoms. The highest BCUT2D eigenvalue weighted by Gasteiger charge is 2.07. The lowest BCUT2D eigenvalue weighted by molar-refractivity contribution is 1.19. The third-order valence-electron chi connectivity index (χ3n) is 3.69. The van der Waals surface area contributed by atoms with Crippen LogP contribution in [0.15, 0.2) is 65.8 Å². The van der Waals surface area contributed by atoms with E-state index in [1.807, 2.05) is 24.3 Å². The van der Waals surface area contributed by atoms with Crippen LogP contribution in [0, 0.1) is 0 Å². The molecule has 0 saturated heterocycles. The number of hydrogen-bond acceptors (Lipinski definition) is 2. The van der Waals surface area contributed by atoms with Gasteiger partial charge in [-0.05, 0) is 35.2 Å². The summed E-state index contributed by atoms with van der Waals surface area (Å²) in [5.41, 5.74) is 8.70. The van der Waals surface area contributed by atoms with E-state index in [1.165, 1.54) is 16.6 Å². The highest BCUT2D eigenvalue weighted by atomic mass is 15.3. The Labute approximate surface area is 123 Å². The fraction of sp³-hybridized carbons (Fsp3) is 0.0556. The van der Waals surface area contributed by atoms with E-state index in [-0.39, 0.29) is 0 Å². The van der Waals surface area contributed by atoms with Gasteiger partial charge in [0, 0.05) is 17.6 Å². The number of allylic oxidation sites excluding steroid dienone is 1. The monoisotopic (exact) mass is 273 g/mol. The summed E-state index contributed by atoms with van der Waals surface area (Å²) in [4.78, 5) is 3.44. The fourth-order valence-corrected chi connectivity index (χ4v) is 2.62. The van der Waals surface area contributed by atoms with E-state index in [9.17, 15) is 0 Å². The number of anilines is 1. The minimum Gasteiger partial charge on any atom is -0.358 e. The number of nitrogens with zero attached hydrogens (tertiary/aromatic N) is 1. The van der Waals surface area contributed by atoms with E-state index in [1.54, 1.807) is 0 Å². The molecule has 3 heteroatoms. The number of rotatable bonds is 2. The molecular formula is C18H15N3. The molecule has 3 nitrogen and oxygen atoms in total. The van der Waals surface area contributed by atoms with E-state index in [4.69, 9.17) is 0 Å². The first-order valence-electron chi connectivity index (χ1n) is 7.05. The van der Waals surface area contributed by atoms with Crippen molar-refractivity contribution in [2.24, 2.45) is 5.10 Å². The van der Waals surface area contributed by atoms with E-state index in [2.05, 4.69) is 58.0 Å². The van der Waals surface area contributed by atoms with E-state index in [0.717, 1.165) is 23.4 Å². The van der Waals surface area contributed by atoms with Crippen LogP contribution in [0.25, 0.3) is 17.0 Å². The molecule has 1 aliphatic heterocycles. The van der Waals surface area contributed by atoms with Crippen molar-refractivity contribution in [2.75, 3.05) is 5.43 Å². The summed E-state index contributed by atoms with van der Waals surface area (Å²) >= 11 is 0. The highest BCUT2D eigenvalue weighted by molar-refractivity contribution is 6.02. The van der Waals surface area contributed by atoms with Crippen LogP contribution in [-0.2, 0) is 6.42 Å². The summed E-state index contributed by atoms with van der Waals surface area (Å²) in [5, 5.41) is 5.73. The van der Waals surface area contributed by atoms with Gasteiger partial charge in [0.2, 0.25) is 0 Å². The molecule has 0 atom stereocenters. The van der Waals surface area contributed by atoms with Crippen molar-refractivity contribution in [3.05, 3.63) is 71.9 Å². The van der Waals surface area contributed by atoms with Crippen molar-refractivity contribution in [2.45, 2.75) is 6.42 Å². The van der Waals surface area contributed by atoms with Crippen LogP contribution in [0.2, 0.25) is 0 Å². The molecule has 0 fully saturated rings. The Hall–Kier alpha value is -2.81. The number of hydrogen-bond donors (Lipinski definition) is 2. The minimum atomic E-state index is 0.784. The summed E-state index contributed by atoms with van der Waals surface area (Å²) < 4.78 is 0. The first-order chi connectivity index (χ1) is 10.4. The number of aromatic amines is 1.